The summed E-state index contributed by atoms with van der Waals surface area (Å²) in [7, 11) is 0. The van der Waals surface area contributed by atoms with Gasteiger partial charge in [-0.1, -0.05) is 18.2 Å². The molecule has 4 aromatic rings. The van der Waals surface area contributed by atoms with Gasteiger partial charge in [-0.05, 0) is 64.8 Å². The molecule has 4 radical (unpaired) electrons. The van der Waals surface area contributed by atoms with Gasteiger partial charge in [0.15, 0.2) is 5.78 Å². The predicted molar refractivity (Wildman–Crippen MR) is 121 cm³/mol. The van der Waals surface area contributed by atoms with Gasteiger partial charge in [-0.15, -0.1) is 29.8 Å². The van der Waals surface area contributed by atoms with E-state index in [-0.39, 0.29) is 45.9 Å². The molecule has 7 heteroatoms. The summed E-state index contributed by atoms with van der Waals surface area (Å²) in [6, 6.07) is 21.0. The van der Waals surface area contributed by atoms with Crippen molar-refractivity contribution >= 4 is 35.7 Å². The molecule has 0 fully saturated rings. The summed E-state index contributed by atoms with van der Waals surface area (Å²) in [6.45, 7) is 2.85. The maximum atomic E-state index is 13.4. The largest absolute Gasteiger partial charge is 0.512 e. The van der Waals surface area contributed by atoms with Crippen LogP contribution in [0.15, 0.2) is 72.6 Å². The molecule has 3 aromatic carbocycles. The van der Waals surface area contributed by atoms with Gasteiger partial charge in [-0.3, -0.25) is 4.79 Å². The molecule has 0 spiro atoms. The number of benzene rings is 3. The Labute approximate surface area is 201 Å². The zero-order chi connectivity index (χ0) is 21.7. The van der Waals surface area contributed by atoms with Crippen LogP contribution in [0.4, 0.5) is 4.39 Å². The first-order valence-electron chi connectivity index (χ1n) is 9.16. The molecule has 1 N–H and O–H groups in total. The first-order chi connectivity index (χ1) is 14.4. The molecule has 0 saturated carbocycles. The Hall–Kier alpha value is -3.33. The Bertz CT molecular complexity index is 1330. The van der Waals surface area contributed by atoms with E-state index in [0.717, 1.165) is 32.8 Å². The van der Waals surface area contributed by atoms with E-state index in [1.165, 1.54) is 32.1 Å². The number of nitrogens with zero attached hydrogens (tertiary/aromatic N) is 2. The third-order valence-corrected chi connectivity index (χ3v) is 4.32. The van der Waals surface area contributed by atoms with Crippen LogP contribution in [0.25, 0.3) is 32.8 Å². The molecule has 0 aliphatic heterocycles. The average molecular weight is 600 g/mol. The van der Waals surface area contributed by atoms with Crippen molar-refractivity contribution in [1.82, 2.24) is 4.98 Å². The summed E-state index contributed by atoms with van der Waals surface area (Å²) in [5.41, 5.74) is 2.11. The van der Waals surface area contributed by atoms with Crippen LogP contribution < -0.4 is 0 Å². The van der Waals surface area contributed by atoms with E-state index < -0.39 is 0 Å². The monoisotopic (exact) mass is 601 g/mol. The van der Waals surface area contributed by atoms with Crippen molar-refractivity contribution in [2.45, 2.75) is 13.8 Å². The molecule has 0 aliphatic carbocycles. The number of aliphatic hydroxyl groups excluding tert-OH is 1. The first kappa shape index (κ1) is 26.7. The average Bonchev–Trinajstić information content (AvgIpc) is 2.72. The third kappa shape index (κ3) is 6.34. The van der Waals surface area contributed by atoms with Gasteiger partial charge in [0.2, 0.25) is 0 Å². The van der Waals surface area contributed by atoms with E-state index in [4.69, 9.17) is 10.4 Å². The predicted octanol–water partition coefficient (Wildman–Crippen LogP) is 5.52. The summed E-state index contributed by atoms with van der Waals surface area (Å²) in [6.07, 6.45) is 2.90. The summed E-state index contributed by atoms with van der Waals surface area (Å²) in [4.78, 5) is 14.5. The fraction of sp³-hybridized carbons (Fsp3) is 0.0800. The second kappa shape index (κ2) is 11.9. The SMILES string of the molecule is CC(=O)C=C(C)O.N#Cc1cc[c-]c(-c2nccc3c2ccc2cc(F)ccc23)c1.[B].[Ir]. The molecule has 0 saturated heterocycles. The molecule has 0 amide bonds. The third-order valence-electron chi connectivity index (χ3n) is 4.32. The van der Waals surface area contributed by atoms with E-state index in [2.05, 4.69) is 17.1 Å². The number of pyridine rings is 1. The molecule has 160 valence electrons. The second-order valence-electron chi connectivity index (χ2n) is 6.68. The van der Waals surface area contributed by atoms with Crippen molar-refractivity contribution in [3.05, 3.63) is 90.1 Å². The number of hydrogen-bond donors (Lipinski definition) is 1. The fourth-order valence-corrected chi connectivity index (χ4v) is 3.15. The number of aliphatic hydroxyl groups is 1. The van der Waals surface area contributed by atoms with E-state index in [9.17, 15) is 9.18 Å². The smallest absolute Gasteiger partial charge is 0.155 e. The van der Waals surface area contributed by atoms with Gasteiger partial charge in [0, 0.05) is 40.8 Å². The summed E-state index contributed by atoms with van der Waals surface area (Å²) < 4.78 is 13.4. The van der Waals surface area contributed by atoms with Crippen LogP contribution >= 0.6 is 0 Å². The molecular formula is C25H18BFIrN2O2-. The normalized spacial score (nSPS) is 10.2. The number of rotatable bonds is 2. The van der Waals surface area contributed by atoms with Crippen LogP contribution in [-0.2, 0) is 24.9 Å². The van der Waals surface area contributed by atoms with Gasteiger partial charge >= 0.3 is 0 Å². The quantitative estimate of drug-likeness (QED) is 0.108. The number of carbonyl (C=O) groups is 1. The van der Waals surface area contributed by atoms with Crippen LogP contribution in [0.2, 0.25) is 0 Å². The Morgan fingerprint density at radius 2 is 1.81 bits per heavy atom. The van der Waals surface area contributed by atoms with Crippen LogP contribution in [0.3, 0.4) is 0 Å². The molecule has 32 heavy (non-hydrogen) atoms. The molecule has 0 atom stereocenters. The van der Waals surface area contributed by atoms with Crippen molar-refractivity contribution < 1.29 is 34.4 Å². The Morgan fingerprint density at radius 3 is 2.44 bits per heavy atom. The summed E-state index contributed by atoms with van der Waals surface area (Å²) >= 11 is 0. The topological polar surface area (TPSA) is 74.0 Å². The van der Waals surface area contributed by atoms with Crippen molar-refractivity contribution in [2.24, 2.45) is 0 Å². The van der Waals surface area contributed by atoms with Crippen molar-refractivity contribution in [2.75, 3.05) is 0 Å². The van der Waals surface area contributed by atoms with E-state index in [1.807, 2.05) is 18.2 Å². The number of nitriles is 1. The number of halogens is 1. The maximum Gasteiger partial charge on any atom is 0.155 e. The second-order valence-corrected chi connectivity index (χ2v) is 6.68. The van der Waals surface area contributed by atoms with Crippen LogP contribution in [0.5, 0.6) is 0 Å². The van der Waals surface area contributed by atoms with Gasteiger partial charge < -0.3 is 10.1 Å². The van der Waals surface area contributed by atoms with E-state index in [1.54, 1.807) is 30.5 Å². The number of fused-ring (bicyclic) bond motifs is 3. The van der Waals surface area contributed by atoms with Crippen LogP contribution in [0.1, 0.15) is 19.4 Å². The van der Waals surface area contributed by atoms with Crippen molar-refractivity contribution in [3.63, 3.8) is 0 Å². The fourth-order valence-electron chi connectivity index (χ4n) is 3.15. The van der Waals surface area contributed by atoms with E-state index >= 15 is 0 Å². The van der Waals surface area contributed by atoms with E-state index in [0.29, 0.717) is 5.56 Å². The standard InChI is InChI=1S/C20H10FN2.C5H8O2.B.Ir/c21-16-5-7-17-14(11-16)4-6-19-18(17)8-9-23-20(19)15-3-1-2-13(10-15)12-22;1-4(6)3-5(2)7;;/h1-2,4-11H;3,6H,1-2H3;;/q-1;;;. The molecule has 1 heterocycles. The Kier molecular flexibility index (Phi) is 9.93. The zero-order valence-electron chi connectivity index (χ0n) is 17.4. The van der Waals surface area contributed by atoms with Gasteiger partial charge in [-0.2, -0.15) is 5.26 Å². The van der Waals surface area contributed by atoms with Crippen molar-refractivity contribution in [1.29, 1.82) is 5.26 Å². The number of aromatic nitrogens is 1. The summed E-state index contributed by atoms with van der Waals surface area (Å²) in [5, 5.41) is 21.2. The molecule has 0 bridgehead atoms. The zero-order valence-corrected chi connectivity index (χ0v) is 19.8. The minimum Gasteiger partial charge on any atom is -0.512 e. The number of carbonyl (C=O) groups excluding carboxylic acids is 1. The molecule has 0 unspecified atom stereocenters. The molecule has 4 rings (SSSR count). The molecule has 1 aromatic heterocycles. The minimum absolute atomic E-state index is 0. The van der Waals surface area contributed by atoms with Crippen molar-refractivity contribution in [3.8, 4) is 17.3 Å². The van der Waals surface area contributed by atoms with Gasteiger partial charge in [0.25, 0.3) is 0 Å². The summed E-state index contributed by atoms with van der Waals surface area (Å²) in [5.74, 6) is -0.311. The Morgan fingerprint density at radius 1 is 1.09 bits per heavy atom. The van der Waals surface area contributed by atoms with Crippen LogP contribution in [-0.4, -0.2) is 24.3 Å². The van der Waals surface area contributed by atoms with Gasteiger partial charge in [-0.25, -0.2) is 4.39 Å². The molecule has 4 nitrogen and oxygen atoms in total. The minimum atomic E-state index is -0.249. The van der Waals surface area contributed by atoms with Gasteiger partial charge in [0.05, 0.1) is 11.8 Å². The molecule has 0 aliphatic rings. The Balaban J connectivity index is 0.000000501. The number of ketones is 1. The first-order valence-corrected chi connectivity index (χ1v) is 9.16. The number of allylic oxidation sites excluding steroid dienone is 2. The maximum absolute atomic E-state index is 13.4. The van der Waals surface area contributed by atoms with Crippen LogP contribution in [0, 0.1) is 23.2 Å². The number of hydrogen-bond acceptors (Lipinski definition) is 4. The van der Waals surface area contributed by atoms with Gasteiger partial charge in [0.1, 0.15) is 5.82 Å². The molecular weight excluding hydrogens is 582 g/mol.